The molecule has 0 unspecified atom stereocenters. The van der Waals surface area contributed by atoms with E-state index in [1.54, 1.807) is 30.7 Å². The van der Waals surface area contributed by atoms with Gasteiger partial charge in [-0.25, -0.2) is 9.79 Å². The molecule has 1 aliphatic rings. The van der Waals surface area contributed by atoms with E-state index in [1.807, 2.05) is 72.8 Å². The summed E-state index contributed by atoms with van der Waals surface area (Å²) in [5.74, 6) is 0.867. The quantitative estimate of drug-likeness (QED) is 0.225. The molecule has 0 saturated carbocycles. The van der Waals surface area contributed by atoms with Gasteiger partial charge in [0.05, 0.1) is 29.0 Å². The van der Waals surface area contributed by atoms with Gasteiger partial charge in [0.15, 0.2) is 4.80 Å². The zero-order chi connectivity index (χ0) is 28.1. The number of esters is 1. The van der Waals surface area contributed by atoms with Crippen LogP contribution in [0.4, 0.5) is 0 Å². The number of methoxy groups -OCH3 is 1. The molecule has 8 heteroatoms. The summed E-state index contributed by atoms with van der Waals surface area (Å²) in [5.41, 5.74) is 3.25. The van der Waals surface area contributed by atoms with Crippen LogP contribution in [0, 0.1) is 0 Å². The molecule has 202 valence electrons. The molecular formula is C32H28N2O5S. The summed E-state index contributed by atoms with van der Waals surface area (Å²) in [6.45, 7) is 5.91. The number of benzene rings is 3. The molecule has 0 aliphatic carbocycles. The van der Waals surface area contributed by atoms with E-state index in [1.165, 1.54) is 17.4 Å². The van der Waals surface area contributed by atoms with E-state index in [9.17, 15) is 9.59 Å². The van der Waals surface area contributed by atoms with Crippen LogP contribution < -0.4 is 24.4 Å². The molecule has 0 bridgehead atoms. The minimum Gasteiger partial charge on any atom is -0.497 e. The standard InChI is InChI=1S/C32H28N2O5S/c1-4-18-38-31(36)28-21(2)33-32-34(29(28)24-12-16-25(37-3)17-13-24)30(35)27(40-32)19-22-10-14-26(15-11-22)39-20-23-8-6-5-7-9-23/h4-17,19,29H,1,18,20H2,2-3H3/b27-19+/t29-/m1/s1. The van der Waals surface area contributed by atoms with Crippen LogP contribution in [0.3, 0.4) is 0 Å². The molecule has 2 heterocycles. The summed E-state index contributed by atoms with van der Waals surface area (Å²) in [7, 11) is 1.59. The van der Waals surface area contributed by atoms with E-state index in [0.717, 1.165) is 22.4 Å². The Balaban J connectivity index is 1.50. The molecule has 40 heavy (non-hydrogen) atoms. The number of aromatic nitrogens is 1. The van der Waals surface area contributed by atoms with Crippen molar-refractivity contribution in [1.82, 2.24) is 4.57 Å². The Morgan fingerprint density at radius 2 is 1.73 bits per heavy atom. The topological polar surface area (TPSA) is 79.1 Å². The fourth-order valence-electron chi connectivity index (χ4n) is 4.45. The minimum absolute atomic E-state index is 0.0560. The number of hydrogen-bond donors (Lipinski definition) is 0. The van der Waals surface area contributed by atoms with Gasteiger partial charge in [0.1, 0.15) is 24.7 Å². The normalized spacial score (nSPS) is 14.8. The maximum atomic E-state index is 13.8. The van der Waals surface area contributed by atoms with Crippen LogP contribution in [0.15, 0.2) is 113 Å². The number of rotatable bonds is 9. The molecule has 3 aromatic carbocycles. The number of fused-ring (bicyclic) bond motifs is 1. The van der Waals surface area contributed by atoms with Crippen molar-refractivity contribution in [3.05, 3.63) is 139 Å². The van der Waals surface area contributed by atoms with Crippen LogP contribution in [-0.4, -0.2) is 24.3 Å². The second kappa shape index (κ2) is 12.0. The lowest BCUT2D eigenvalue weighted by atomic mass is 9.96. The SMILES string of the molecule is C=CCOC(=O)C1=C(C)N=c2s/c(=C/c3ccc(OCc4ccccc4)cc3)c(=O)n2[C@@H]1c1ccc(OC)cc1. The van der Waals surface area contributed by atoms with Gasteiger partial charge in [-0.3, -0.25) is 9.36 Å². The molecule has 0 saturated heterocycles. The van der Waals surface area contributed by atoms with Gasteiger partial charge in [-0.05, 0) is 54.0 Å². The van der Waals surface area contributed by atoms with E-state index in [2.05, 4.69) is 11.6 Å². The van der Waals surface area contributed by atoms with Gasteiger partial charge in [0.25, 0.3) is 5.56 Å². The highest BCUT2D eigenvalue weighted by Crippen LogP contribution is 2.31. The Morgan fingerprint density at radius 3 is 2.40 bits per heavy atom. The lowest BCUT2D eigenvalue weighted by molar-refractivity contribution is -0.138. The van der Waals surface area contributed by atoms with Crippen LogP contribution in [-0.2, 0) is 16.1 Å². The predicted molar refractivity (Wildman–Crippen MR) is 155 cm³/mol. The van der Waals surface area contributed by atoms with Crippen LogP contribution in [0.1, 0.15) is 29.7 Å². The molecule has 0 radical (unpaired) electrons. The predicted octanol–water partition coefficient (Wildman–Crippen LogP) is 4.55. The largest absolute Gasteiger partial charge is 0.497 e. The van der Waals surface area contributed by atoms with E-state index < -0.39 is 12.0 Å². The van der Waals surface area contributed by atoms with Crippen molar-refractivity contribution in [1.29, 1.82) is 0 Å². The maximum Gasteiger partial charge on any atom is 0.338 e. The smallest absolute Gasteiger partial charge is 0.338 e. The Kier molecular flexibility index (Phi) is 8.07. The molecule has 0 spiro atoms. The molecule has 1 aliphatic heterocycles. The molecule has 4 aromatic rings. The van der Waals surface area contributed by atoms with Crippen molar-refractivity contribution in [3.63, 3.8) is 0 Å². The number of allylic oxidation sites excluding steroid dienone is 1. The van der Waals surface area contributed by atoms with E-state index in [0.29, 0.717) is 33.0 Å². The van der Waals surface area contributed by atoms with E-state index in [4.69, 9.17) is 14.2 Å². The van der Waals surface area contributed by atoms with Crippen LogP contribution in [0.2, 0.25) is 0 Å². The van der Waals surface area contributed by atoms with Gasteiger partial charge in [-0.2, -0.15) is 0 Å². The second-order valence-corrected chi connectivity index (χ2v) is 10.1. The highest BCUT2D eigenvalue weighted by Gasteiger charge is 2.33. The van der Waals surface area contributed by atoms with Gasteiger partial charge < -0.3 is 14.2 Å². The van der Waals surface area contributed by atoms with E-state index in [-0.39, 0.29) is 12.2 Å². The lowest BCUT2D eigenvalue weighted by Crippen LogP contribution is -2.39. The monoisotopic (exact) mass is 552 g/mol. The Hall–Kier alpha value is -4.69. The van der Waals surface area contributed by atoms with Gasteiger partial charge in [0.2, 0.25) is 0 Å². The minimum atomic E-state index is -0.699. The van der Waals surface area contributed by atoms with Gasteiger partial charge in [0, 0.05) is 0 Å². The number of carbonyl (C=O) groups excluding carboxylic acids is 1. The van der Waals surface area contributed by atoms with Gasteiger partial charge >= 0.3 is 5.97 Å². The van der Waals surface area contributed by atoms with Crippen molar-refractivity contribution >= 4 is 23.4 Å². The average Bonchev–Trinajstić information content (AvgIpc) is 3.29. The Bertz CT molecular complexity index is 1730. The highest BCUT2D eigenvalue weighted by atomic mass is 32.1. The number of thiazole rings is 1. The third-order valence-electron chi connectivity index (χ3n) is 6.43. The molecule has 0 fully saturated rings. The average molecular weight is 553 g/mol. The first-order valence-electron chi connectivity index (χ1n) is 12.7. The second-order valence-electron chi connectivity index (χ2n) is 9.09. The first kappa shape index (κ1) is 26.9. The first-order valence-corrected chi connectivity index (χ1v) is 13.5. The molecule has 0 amide bonds. The summed E-state index contributed by atoms with van der Waals surface area (Å²) in [6.07, 6.45) is 3.33. The van der Waals surface area contributed by atoms with Crippen molar-refractivity contribution in [2.24, 2.45) is 4.99 Å². The summed E-state index contributed by atoms with van der Waals surface area (Å²) < 4.78 is 18.6. The zero-order valence-corrected chi connectivity index (χ0v) is 23.0. The summed E-state index contributed by atoms with van der Waals surface area (Å²) in [5, 5.41) is 0. The summed E-state index contributed by atoms with van der Waals surface area (Å²) in [4.78, 5) is 32.0. The molecule has 1 aromatic heterocycles. The molecule has 0 N–H and O–H groups in total. The van der Waals surface area contributed by atoms with Crippen molar-refractivity contribution in [2.75, 3.05) is 13.7 Å². The number of ether oxygens (including phenoxy) is 3. The van der Waals surface area contributed by atoms with Crippen molar-refractivity contribution in [3.8, 4) is 11.5 Å². The fraction of sp³-hybridized carbons (Fsp3) is 0.156. The third-order valence-corrected chi connectivity index (χ3v) is 7.41. The molecule has 7 nitrogen and oxygen atoms in total. The van der Waals surface area contributed by atoms with Crippen LogP contribution in [0.25, 0.3) is 6.08 Å². The number of nitrogens with zero attached hydrogens (tertiary/aromatic N) is 2. The number of carbonyl (C=O) groups is 1. The number of hydrogen-bond acceptors (Lipinski definition) is 7. The summed E-state index contributed by atoms with van der Waals surface area (Å²) in [6, 6.07) is 24.1. The maximum absolute atomic E-state index is 13.8. The zero-order valence-electron chi connectivity index (χ0n) is 22.2. The van der Waals surface area contributed by atoms with Crippen molar-refractivity contribution in [2.45, 2.75) is 19.6 Å². The van der Waals surface area contributed by atoms with Gasteiger partial charge in [-0.1, -0.05) is 78.6 Å². The van der Waals surface area contributed by atoms with Crippen LogP contribution in [0.5, 0.6) is 11.5 Å². The molecule has 1 atom stereocenters. The molecular weight excluding hydrogens is 524 g/mol. The highest BCUT2D eigenvalue weighted by molar-refractivity contribution is 7.07. The first-order chi connectivity index (χ1) is 19.5. The van der Waals surface area contributed by atoms with E-state index >= 15 is 0 Å². The van der Waals surface area contributed by atoms with Gasteiger partial charge in [-0.15, -0.1) is 0 Å². The van der Waals surface area contributed by atoms with Crippen molar-refractivity contribution < 1.29 is 19.0 Å². The lowest BCUT2D eigenvalue weighted by Gasteiger charge is -2.24. The summed E-state index contributed by atoms with van der Waals surface area (Å²) >= 11 is 1.28. The Labute approximate surface area is 235 Å². The Morgan fingerprint density at radius 1 is 1.02 bits per heavy atom. The third kappa shape index (κ3) is 5.67. The fourth-order valence-corrected chi connectivity index (χ4v) is 5.50. The van der Waals surface area contributed by atoms with Crippen LogP contribution >= 0.6 is 11.3 Å². The molecule has 5 rings (SSSR count).